The third-order valence-corrected chi connectivity index (χ3v) is 3.40. The molecule has 0 unspecified atom stereocenters. The number of para-hydroxylation sites is 3. The summed E-state index contributed by atoms with van der Waals surface area (Å²) >= 11 is 0. The molecule has 0 bridgehead atoms. The molecule has 3 aromatic rings. The molecule has 3 aromatic carbocycles. The molecule has 3 radical (unpaired) electrons. The van der Waals surface area contributed by atoms with Crippen LogP contribution < -0.4 is 0 Å². The molecule has 0 atom stereocenters. The molecular formula is C21H18BiO9. The molecule has 0 fully saturated rings. The summed E-state index contributed by atoms with van der Waals surface area (Å²) in [5.41, 5.74) is -0.201. The number of aromatic hydroxyl groups is 3. The number of carboxylic acids is 3. The van der Waals surface area contributed by atoms with Gasteiger partial charge in [0.2, 0.25) is 0 Å². The van der Waals surface area contributed by atoms with E-state index >= 15 is 0 Å². The molecule has 31 heavy (non-hydrogen) atoms. The standard InChI is InChI=1S/3C7H6O3.Bi/c3*8-6-4-2-1-3-5(6)7(9)10;/h3*1-4,8H,(H,9,10);. The van der Waals surface area contributed by atoms with Gasteiger partial charge in [-0.05, 0) is 36.4 Å². The summed E-state index contributed by atoms with van der Waals surface area (Å²) in [6, 6.07) is 17.4. The minimum absolute atomic E-state index is 0. The van der Waals surface area contributed by atoms with Crippen LogP contribution in [0, 0.1) is 0 Å². The molecule has 0 saturated heterocycles. The average molecular weight is 623 g/mol. The van der Waals surface area contributed by atoms with Gasteiger partial charge in [0.25, 0.3) is 0 Å². The fourth-order valence-electron chi connectivity index (χ4n) is 1.96. The van der Waals surface area contributed by atoms with Crippen molar-refractivity contribution in [1.82, 2.24) is 0 Å². The molecule has 0 spiro atoms. The number of benzene rings is 3. The second-order valence-electron chi connectivity index (χ2n) is 5.47. The zero-order chi connectivity index (χ0) is 22.7. The number of aromatic carboxylic acids is 3. The largest absolute Gasteiger partial charge is 0.507 e. The van der Waals surface area contributed by atoms with Crippen LogP contribution >= 0.6 is 0 Å². The van der Waals surface area contributed by atoms with E-state index in [2.05, 4.69) is 0 Å². The summed E-state index contributed by atoms with van der Waals surface area (Å²) in [7, 11) is 0. The third-order valence-electron chi connectivity index (χ3n) is 3.40. The van der Waals surface area contributed by atoms with E-state index in [1.807, 2.05) is 0 Å². The quantitative estimate of drug-likeness (QED) is 0.240. The van der Waals surface area contributed by atoms with Gasteiger partial charge in [0.15, 0.2) is 0 Å². The summed E-state index contributed by atoms with van der Waals surface area (Å²) in [5, 5.41) is 51.9. The molecule has 6 N–H and O–H groups in total. The van der Waals surface area contributed by atoms with Crippen LogP contribution in [0.3, 0.4) is 0 Å². The van der Waals surface area contributed by atoms with Crippen molar-refractivity contribution in [1.29, 1.82) is 0 Å². The number of phenols is 3. The van der Waals surface area contributed by atoms with Crippen LogP contribution in [0.2, 0.25) is 0 Å². The van der Waals surface area contributed by atoms with Crippen LogP contribution in [0.25, 0.3) is 0 Å². The van der Waals surface area contributed by atoms with Crippen LogP contribution in [0.1, 0.15) is 31.1 Å². The summed E-state index contributed by atoms with van der Waals surface area (Å²) in [6.45, 7) is 0. The molecule has 10 heteroatoms. The van der Waals surface area contributed by atoms with Crippen molar-refractivity contribution < 1.29 is 45.0 Å². The molecule has 3 rings (SSSR count). The first kappa shape index (κ1) is 27.4. The monoisotopic (exact) mass is 623 g/mol. The zero-order valence-electron chi connectivity index (χ0n) is 15.8. The second kappa shape index (κ2) is 13.6. The van der Waals surface area contributed by atoms with Crippen molar-refractivity contribution in [2.24, 2.45) is 0 Å². The number of rotatable bonds is 3. The topological polar surface area (TPSA) is 173 Å². The van der Waals surface area contributed by atoms with Crippen molar-refractivity contribution in [3.05, 3.63) is 89.5 Å². The van der Waals surface area contributed by atoms with E-state index in [1.54, 1.807) is 36.4 Å². The summed E-state index contributed by atoms with van der Waals surface area (Å²) in [5.74, 6) is -3.94. The van der Waals surface area contributed by atoms with E-state index in [1.165, 1.54) is 36.4 Å². The molecule has 0 aliphatic carbocycles. The van der Waals surface area contributed by atoms with Crippen molar-refractivity contribution in [3.63, 3.8) is 0 Å². The Morgan fingerprint density at radius 2 is 0.645 bits per heavy atom. The number of hydrogen-bond acceptors (Lipinski definition) is 6. The first-order valence-electron chi connectivity index (χ1n) is 8.19. The number of carboxylic acid groups (broad SMARTS) is 3. The summed E-state index contributed by atoms with van der Waals surface area (Å²) in [4.78, 5) is 30.8. The van der Waals surface area contributed by atoms with E-state index in [-0.39, 0.29) is 60.1 Å². The van der Waals surface area contributed by atoms with Gasteiger partial charge in [0.05, 0.1) is 0 Å². The van der Waals surface area contributed by atoms with Crippen molar-refractivity contribution in [2.75, 3.05) is 0 Å². The van der Waals surface area contributed by atoms with Crippen LogP contribution in [0.4, 0.5) is 0 Å². The fraction of sp³-hybridized carbons (Fsp3) is 0. The van der Waals surface area contributed by atoms with E-state index in [0.29, 0.717) is 0 Å². The predicted octanol–water partition coefficient (Wildman–Crippen LogP) is 2.89. The molecular weight excluding hydrogens is 605 g/mol. The third kappa shape index (κ3) is 9.14. The van der Waals surface area contributed by atoms with Crippen LogP contribution in [-0.4, -0.2) is 74.8 Å². The Morgan fingerprint density at radius 3 is 0.774 bits per heavy atom. The SMILES string of the molecule is O=C(O)c1ccccc1O.O=C(O)c1ccccc1O.O=C(O)c1ccccc1O.[Bi]. The Balaban J connectivity index is 0.000000429. The predicted molar refractivity (Wildman–Crippen MR) is 111 cm³/mol. The molecule has 9 nitrogen and oxygen atoms in total. The molecule has 0 aliphatic rings. The smallest absolute Gasteiger partial charge is 0.339 e. The van der Waals surface area contributed by atoms with Gasteiger partial charge in [-0.3, -0.25) is 0 Å². The van der Waals surface area contributed by atoms with Crippen molar-refractivity contribution in [3.8, 4) is 17.2 Å². The van der Waals surface area contributed by atoms with E-state index in [9.17, 15) is 14.4 Å². The van der Waals surface area contributed by atoms with Crippen LogP contribution in [-0.2, 0) is 0 Å². The van der Waals surface area contributed by atoms with Gasteiger partial charge >= 0.3 is 17.9 Å². The maximum absolute atomic E-state index is 10.3. The Kier molecular flexibility index (Phi) is 12.0. The minimum Gasteiger partial charge on any atom is -0.507 e. The normalized spacial score (nSPS) is 8.90. The van der Waals surface area contributed by atoms with Gasteiger partial charge in [-0.2, -0.15) is 0 Å². The van der Waals surface area contributed by atoms with Crippen LogP contribution in [0.15, 0.2) is 72.8 Å². The summed E-state index contributed by atoms with van der Waals surface area (Å²) < 4.78 is 0. The number of carbonyl (C=O) groups is 3. The molecule has 0 aliphatic heterocycles. The van der Waals surface area contributed by atoms with Gasteiger partial charge in [-0.15, -0.1) is 0 Å². The Morgan fingerprint density at radius 1 is 0.452 bits per heavy atom. The zero-order valence-corrected chi connectivity index (χ0v) is 19.3. The maximum Gasteiger partial charge on any atom is 0.339 e. The Bertz CT molecular complexity index is 903. The van der Waals surface area contributed by atoms with E-state index in [4.69, 9.17) is 30.6 Å². The van der Waals surface area contributed by atoms with Crippen LogP contribution in [0.5, 0.6) is 17.2 Å². The summed E-state index contributed by atoms with van der Waals surface area (Å²) in [6.07, 6.45) is 0. The first-order valence-corrected chi connectivity index (χ1v) is 8.19. The van der Waals surface area contributed by atoms with E-state index in [0.717, 1.165) is 0 Å². The number of hydrogen-bond donors (Lipinski definition) is 6. The maximum atomic E-state index is 10.3. The van der Waals surface area contributed by atoms with Gasteiger partial charge in [0.1, 0.15) is 33.9 Å². The molecule has 0 amide bonds. The molecule has 0 saturated carbocycles. The Hall–Kier alpha value is -3.65. The second-order valence-corrected chi connectivity index (χ2v) is 5.47. The molecule has 161 valence electrons. The Labute approximate surface area is 195 Å². The fourth-order valence-corrected chi connectivity index (χ4v) is 1.96. The average Bonchev–Trinajstić information content (AvgIpc) is 2.69. The van der Waals surface area contributed by atoms with Gasteiger partial charge in [0, 0.05) is 26.2 Å². The van der Waals surface area contributed by atoms with Crippen molar-refractivity contribution in [2.45, 2.75) is 0 Å². The molecule has 0 aromatic heterocycles. The van der Waals surface area contributed by atoms with Crippen molar-refractivity contribution >= 4 is 44.1 Å². The minimum atomic E-state index is -1.11. The van der Waals surface area contributed by atoms with E-state index < -0.39 is 17.9 Å². The first-order chi connectivity index (χ1) is 14.1. The van der Waals surface area contributed by atoms with Gasteiger partial charge in [-0.1, -0.05) is 36.4 Å². The van der Waals surface area contributed by atoms with Gasteiger partial charge in [-0.25, -0.2) is 14.4 Å². The van der Waals surface area contributed by atoms with Gasteiger partial charge < -0.3 is 30.6 Å². The molecule has 0 heterocycles.